The molecule has 0 fully saturated rings. The monoisotopic (exact) mass is 2150 g/mol. The second kappa shape index (κ2) is 82.9. The lowest BCUT2D eigenvalue weighted by Crippen LogP contribution is -2.51. The number of hydrogen-bond acceptors (Lipinski definition) is 17. The zero-order valence-corrected chi connectivity index (χ0v) is 115. The predicted molar refractivity (Wildman–Crippen MR) is 682 cm³/mol. The highest BCUT2D eigenvalue weighted by Gasteiger charge is 2.26. The van der Waals surface area contributed by atoms with Crippen LogP contribution in [-0.2, 0) is 19.1 Å². The van der Waals surface area contributed by atoms with Crippen LogP contribution < -0.4 is 59.3 Å². The van der Waals surface area contributed by atoms with E-state index in [1.807, 2.05) is 32.5 Å². The maximum atomic E-state index is 11.4. The van der Waals surface area contributed by atoms with E-state index in [9.17, 15) is 9.59 Å². The summed E-state index contributed by atoms with van der Waals surface area (Å²) in [6.07, 6.45) is 32.5. The number of thioether (sulfide) groups is 3. The van der Waals surface area contributed by atoms with Crippen LogP contribution >= 0.6 is 35.3 Å². The first-order valence-corrected chi connectivity index (χ1v) is 62.6. The van der Waals surface area contributed by atoms with E-state index in [4.69, 9.17) is 20.9 Å². The molecule has 16 nitrogen and oxygen atoms in total. The van der Waals surface area contributed by atoms with Crippen LogP contribution in [-0.4, -0.2) is 205 Å². The lowest BCUT2D eigenvalue weighted by atomic mass is 9.89. The summed E-state index contributed by atoms with van der Waals surface area (Å²) in [7, 11) is 2.15. The number of rotatable bonds is 52. The molecule has 0 aliphatic rings. The molecule has 0 spiro atoms. The van der Waals surface area contributed by atoms with Gasteiger partial charge >= 0.3 is 0 Å². The minimum atomic E-state index is -0.261. The molecular weight excluding hydrogens is 1870 g/mol. The summed E-state index contributed by atoms with van der Waals surface area (Å²) in [6, 6.07) is -0.452. The number of likely N-dealkylation sites (N-methyl/N-ethyl adjacent to an activating group) is 1. The summed E-state index contributed by atoms with van der Waals surface area (Å²) in [5, 5.41) is 31.0. The molecule has 0 aromatic heterocycles. The number of carbonyl (C=O) groups is 2. The Kier molecular flexibility index (Phi) is 93.8. The van der Waals surface area contributed by atoms with Crippen LogP contribution in [0.25, 0.3) is 0 Å². The van der Waals surface area contributed by atoms with Gasteiger partial charge in [0.15, 0.2) is 0 Å². The molecule has 147 heavy (non-hydrogen) atoms. The number of nitrogens with zero attached hydrogens (tertiary/aromatic N) is 1. The van der Waals surface area contributed by atoms with Gasteiger partial charge in [-0.3, -0.25) is 14.5 Å². The van der Waals surface area contributed by atoms with Crippen LogP contribution in [0.15, 0.2) is 0 Å². The Hall–Kier alpha value is -0.490. The van der Waals surface area contributed by atoms with Crippen LogP contribution in [0.3, 0.4) is 0 Å². The van der Waals surface area contributed by atoms with Crippen molar-refractivity contribution >= 4 is 47.1 Å². The van der Waals surface area contributed by atoms with Gasteiger partial charge in [-0.05, 0) is 421 Å². The highest BCUT2D eigenvalue weighted by Crippen LogP contribution is 2.30. The fourth-order valence-electron chi connectivity index (χ4n) is 12.6. The van der Waals surface area contributed by atoms with Crippen LogP contribution in [0.5, 0.6) is 0 Å². The van der Waals surface area contributed by atoms with Gasteiger partial charge in [-0.15, -0.1) is 0 Å². The molecule has 0 saturated carbocycles. The molecule has 0 aromatic rings. The van der Waals surface area contributed by atoms with Crippen molar-refractivity contribution in [3.8, 4) is 0 Å². The van der Waals surface area contributed by atoms with Gasteiger partial charge < -0.3 is 68.8 Å². The second-order valence-corrected chi connectivity index (χ2v) is 68.5. The molecule has 13 N–H and O–H groups in total. The van der Waals surface area contributed by atoms with E-state index in [2.05, 4.69) is 466 Å². The molecule has 0 heterocycles. The summed E-state index contributed by atoms with van der Waals surface area (Å²) in [5.41, 5.74) is 17.3. The number of primary amides is 2. The fraction of sp³-hybridized carbons (Fsp3) is 0.984. The zero-order chi connectivity index (χ0) is 118. The number of carbonyl (C=O) groups excluding carboxylic acids is 2. The van der Waals surface area contributed by atoms with E-state index in [0.717, 1.165) is 114 Å². The number of hydrogen-bond donors (Lipinski definition) is 11. The molecule has 0 unspecified atom stereocenters. The number of nitrogens with two attached hydrogens (primary N) is 2. The molecular formula is C128H284N12O4S3. The highest BCUT2D eigenvalue weighted by molar-refractivity contribution is 7.99. The number of amides is 2. The van der Waals surface area contributed by atoms with Gasteiger partial charge in [-0.2, -0.15) is 35.3 Å². The Morgan fingerprint density at radius 3 is 0.721 bits per heavy atom. The van der Waals surface area contributed by atoms with E-state index < -0.39 is 0 Å². The van der Waals surface area contributed by atoms with Crippen molar-refractivity contribution in [1.29, 1.82) is 0 Å². The third-order valence-electron chi connectivity index (χ3n) is 22.3. The Bertz CT molecular complexity index is 2720. The van der Waals surface area contributed by atoms with Gasteiger partial charge in [-0.25, -0.2) is 0 Å². The van der Waals surface area contributed by atoms with Gasteiger partial charge in [0.25, 0.3) is 0 Å². The minimum absolute atomic E-state index is 0.0736. The molecule has 0 rings (SSSR count). The maximum absolute atomic E-state index is 11.4. The first-order valence-electron chi connectivity index (χ1n) is 59.1. The van der Waals surface area contributed by atoms with E-state index >= 15 is 0 Å². The summed E-state index contributed by atoms with van der Waals surface area (Å²) in [6.45, 7) is 146. The average molecular weight is 2150 g/mol. The van der Waals surface area contributed by atoms with Gasteiger partial charge in [0, 0.05) is 99.7 Å². The topological polar surface area (TPSA) is 216 Å². The van der Waals surface area contributed by atoms with E-state index in [-0.39, 0.29) is 79.3 Å². The van der Waals surface area contributed by atoms with Crippen molar-refractivity contribution in [3.05, 3.63) is 0 Å². The lowest BCUT2D eigenvalue weighted by molar-refractivity contribution is -0.121. The normalized spacial score (nSPS) is 13.6. The van der Waals surface area contributed by atoms with Gasteiger partial charge in [-0.1, -0.05) is 272 Å². The number of nitrogens with one attached hydrogen (secondary N) is 9. The highest BCUT2D eigenvalue weighted by atomic mass is 32.2. The van der Waals surface area contributed by atoms with Crippen molar-refractivity contribution in [2.75, 3.05) is 120 Å². The van der Waals surface area contributed by atoms with E-state index in [0.29, 0.717) is 54.1 Å². The van der Waals surface area contributed by atoms with Crippen molar-refractivity contribution in [2.24, 2.45) is 65.6 Å². The molecule has 2 amide bonds. The molecule has 898 valence electrons. The summed E-state index contributed by atoms with van der Waals surface area (Å²) >= 11 is 5.76. The van der Waals surface area contributed by atoms with Crippen molar-refractivity contribution < 1.29 is 19.1 Å². The third-order valence-corrected chi connectivity index (χ3v) is 25.4. The van der Waals surface area contributed by atoms with Gasteiger partial charge in [0.2, 0.25) is 11.8 Å². The van der Waals surface area contributed by atoms with Crippen molar-refractivity contribution in [3.63, 3.8) is 0 Å². The third kappa shape index (κ3) is 190. The zero-order valence-electron chi connectivity index (χ0n) is 113. The Morgan fingerprint density at radius 1 is 0.224 bits per heavy atom. The van der Waals surface area contributed by atoms with Gasteiger partial charge in [0.05, 0.1) is 25.3 Å². The molecule has 0 bridgehead atoms. The summed E-state index contributed by atoms with van der Waals surface area (Å²) in [5.74, 6) is 5.95. The van der Waals surface area contributed by atoms with Crippen LogP contribution in [0.2, 0.25) is 0 Å². The number of unbranched alkanes of at least 4 members (excludes halogenated alkanes) is 10. The summed E-state index contributed by atoms with van der Waals surface area (Å²) in [4.78, 5) is 25.0. The largest absolute Gasteiger partial charge is 0.380 e. The van der Waals surface area contributed by atoms with E-state index in [1.54, 1.807) is 11.8 Å². The number of ether oxygens (including phenoxy) is 2. The first kappa shape index (κ1) is 166. The van der Waals surface area contributed by atoms with Crippen molar-refractivity contribution in [2.45, 2.75) is 643 Å². The molecule has 19 heteroatoms. The van der Waals surface area contributed by atoms with E-state index in [1.165, 1.54) is 159 Å². The smallest absolute Gasteiger partial charge is 0.235 e. The molecule has 0 saturated heterocycles. The SMILES string of the molecule is CC(C)(C)CCCCCCCNC(C)(C)C.CC(C)(C)CCCCCCNC(C)(C)C.CC(C)(C)CCCCCNC(C)(C)C.CC(C)(C)CCCCNC(C)(C)C.CC(C)(C)CCNC(C)(C)C.CC(C)(C)CCOCCNC(C)(C)C.CC(C)(C)CCSCCNC(C)(C)C.CC(C)(C)CCSCC[C@@H](NC(C)(C)C)C(N)=O.CC(C)(C)CCSC[C@@H](NC(C)(C)C)C(N)=O.CN(CCOCCC(C)(C)C)C(C)(C)C. The maximum Gasteiger partial charge on any atom is 0.235 e. The van der Waals surface area contributed by atoms with Crippen LogP contribution in [0, 0.1) is 54.1 Å². The molecule has 0 radical (unpaired) electrons. The quantitative estimate of drug-likeness (QED) is 0.0255. The predicted octanol–water partition coefficient (Wildman–Crippen LogP) is 34.2. The molecule has 2 atom stereocenters. The molecule has 0 aromatic carbocycles. The standard InChI is InChI=1S/C15H33N.C14H30N2OS.C14H31N.C13H28N2OS.C13H29NO.C13H29N.C12H27NO.C12H27NS.C12H27N.C10H23N/c1-14(2,3)12-10-8-7-9-11-13-16-15(4,5)6;1-13(2,3)8-10-18-9-7-11(12(15)17)16-14(4,5)6;1-13(2,3)11-9-7-8-10-12-15-14(4,5)6;1-12(2,3)7-8-17-9-10(11(14)16)15-13(4,5)6;1-12(2,3)8-10-15-11-9-14(7)13(4,5)6;1-12(2,3)10-8-7-9-11-14-13(4,5)6;2*1-11(2,3)7-9-14-10-8-13-12(4,5)6;1-11(2,3)9-7-8-10-13-12(4,5)6;1-9(2,3)7-8-11-10(4,5)6/h16H,7-13H2,1-6H3;11,16H,7-10H2,1-6H3,(H2,15,17);15H,7-12H2,1-6H3;10,15H,7-9H2,1-6H3,(H2,14,16);8-11H2,1-7H3;14H,7-11H2,1-6H3;2*13H,7-10H2,1-6H3;13H,7-10H2,1-6H3;11H,7-8H2,1-6H3/t;11-;;10-;;;;;;/m.1.1....../s1. The van der Waals surface area contributed by atoms with Crippen LogP contribution in [0.4, 0.5) is 0 Å². The lowest BCUT2D eigenvalue weighted by Gasteiger charge is -2.31. The Balaban J connectivity index is -0.000000178. The minimum Gasteiger partial charge on any atom is -0.380 e. The summed E-state index contributed by atoms with van der Waals surface area (Å²) < 4.78 is 11.2. The van der Waals surface area contributed by atoms with Crippen molar-refractivity contribution in [1.82, 2.24) is 52.8 Å². The Morgan fingerprint density at radius 2 is 0.449 bits per heavy atom. The first-order chi connectivity index (χ1) is 65.1. The molecule has 0 aliphatic heterocycles. The Labute approximate surface area is 941 Å². The van der Waals surface area contributed by atoms with Gasteiger partial charge in [0.1, 0.15) is 0 Å². The molecule has 0 aliphatic carbocycles. The van der Waals surface area contributed by atoms with Crippen LogP contribution in [0.1, 0.15) is 576 Å². The second-order valence-electron chi connectivity index (χ2n) is 64.9. The average Bonchev–Trinajstić information content (AvgIpc) is 0.911. The fourth-order valence-corrected chi connectivity index (χ4v) is 16.6.